The Balaban J connectivity index is 3.06. The van der Waals surface area contributed by atoms with Gasteiger partial charge in [-0.05, 0) is 26.3 Å². The van der Waals surface area contributed by atoms with E-state index in [1.54, 1.807) is 0 Å². The van der Waals surface area contributed by atoms with Gasteiger partial charge in [-0.25, -0.2) is 0 Å². The summed E-state index contributed by atoms with van der Waals surface area (Å²) in [6.07, 6.45) is 2.31. The molecule has 3 nitrogen and oxygen atoms in total. The Bertz CT molecular complexity index is 109. The van der Waals surface area contributed by atoms with Gasteiger partial charge in [0, 0.05) is 25.7 Å². The van der Waals surface area contributed by atoms with E-state index >= 15 is 0 Å². The summed E-state index contributed by atoms with van der Waals surface area (Å²) in [5, 5.41) is 6.80. The zero-order valence-corrected chi connectivity index (χ0v) is 9.94. The summed E-state index contributed by atoms with van der Waals surface area (Å²) in [6.45, 7) is 11.3. The monoisotopic (exact) mass is 202 g/mol. The molecule has 3 heteroatoms. The minimum Gasteiger partial charge on any atom is -0.380 e. The van der Waals surface area contributed by atoms with Crippen LogP contribution in [0.25, 0.3) is 0 Å². The van der Waals surface area contributed by atoms with E-state index in [-0.39, 0.29) is 0 Å². The largest absolute Gasteiger partial charge is 0.380 e. The lowest BCUT2D eigenvalue weighted by molar-refractivity contribution is 0.134. The molecule has 0 saturated heterocycles. The topological polar surface area (TPSA) is 33.3 Å². The molecule has 0 aromatic rings. The first-order chi connectivity index (χ1) is 6.81. The lowest BCUT2D eigenvalue weighted by atomic mass is 10.3. The predicted molar refractivity (Wildman–Crippen MR) is 61.7 cm³/mol. The molecular formula is C11H26N2O. The molecule has 0 amide bonds. The van der Waals surface area contributed by atoms with Gasteiger partial charge in [-0.1, -0.05) is 13.8 Å². The van der Waals surface area contributed by atoms with Gasteiger partial charge in [0.2, 0.25) is 0 Å². The van der Waals surface area contributed by atoms with Gasteiger partial charge in [0.1, 0.15) is 0 Å². The molecule has 14 heavy (non-hydrogen) atoms. The molecule has 1 unspecified atom stereocenters. The Labute approximate surface area is 88.6 Å². The van der Waals surface area contributed by atoms with Gasteiger partial charge in [-0.2, -0.15) is 0 Å². The molecule has 0 aliphatic rings. The van der Waals surface area contributed by atoms with Crippen LogP contribution in [0.1, 0.15) is 33.6 Å². The Morgan fingerprint density at radius 2 is 1.86 bits per heavy atom. The minimum absolute atomic E-state index is 0.534. The van der Waals surface area contributed by atoms with Gasteiger partial charge in [0.25, 0.3) is 0 Å². The molecule has 86 valence electrons. The lowest BCUT2D eigenvalue weighted by Gasteiger charge is -2.14. The zero-order chi connectivity index (χ0) is 10.6. The normalized spacial score (nSPS) is 13.1. The fraction of sp³-hybridized carbons (Fsp3) is 1.00. The molecule has 0 saturated carbocycles. The first kappa shape index (κ1) is 13.9. The summed E-state index contributed by atoms with van der Waals surface area (Å²) >= 11 is 0. The second-order valence-electron chi connectivity index (χ2n) is 3.67. The van der Waals surface area contributed by atoms with Crippen molar-refractivity contribution < 1.29 is 4.74 Å². The quantitative estimate of drug-likeness (QED) is 0.525. The number of ether oxygens (including phenoxy) is 1. The van der Waals surface area contributed by atoms with Crippen molar-refractivity contribution in [1.82, 2.24) is 10.6 Å². The highest BCUT2D eigenvalue weighted by atomic mass is 16.5. The van der Waals surface area contributed by atoms with E-state index in [1.165, 1.54) is 6.42 Å². The van der Waals surface area contributed by atoms with Gasteiger partial charge >= 0.3 is 0 Å². The van der Waals surface area contributed by atoms with Crippen molar-refractivity contribution in [3.8, 4) is 0 Å². The second kappa shape index (κ2) is 11.0. The highest BCUT2D eigenvalue weighted by Crippen LogP contribution is 1.82. The van der Waals surface area contributed by atoms with Crippen molar-refractivity contribution in [2.75, 3.05) is 32.8 Å². The third-order valence-electron chi connectivity index (χ3n) is 1.96. The van der Waals surface area contributed by atoms with Crippen molar-refractivity contribution in [2.45, 2.75) is 39.7 Å². The molecular weight excluding hydrogens is 176 g/mol. The summed E-state index contributed by atoms with van der Waals surface area (Å²) < 4.78 is 5.38. The molecule has 0 bridgehead atoms. The summed E-state index contributed by atoms with van der Waals surface area (Å²) in [6, 6.07) is 0.534. The summed E-state index contributed by atoms with van der Waals surface area (Å²) in [4.78, 5) is 0. The fourth-order valence-corrected chi connectivity index (χ4v) is 1.19. The van der Waals surface area contributed by atoms with Crippen LogP contribution in [0, 0.1) is 0 Å². The highest BCUT2D eigenvalue weighted by Gasteiger charge is 1.98. The van der Waals surface area contributed by atoms with Crippen molar-refractivity contribution in [2.24, 2.45) is 0 Å². The number of hydrogen-bond acceptors (Lipinski definition) is 3. The van der Waals surface area contributed by atoms with Gasteiger partial charge in [0.05, 0.1) is 6.61 Å². The van der Waals surface area contributed by atoms with Crippen LogP contribution in [0.3, 0.4) is 0 Å². The summed E-state index contributed by atoms with van der Waals surface area (Å²) in [7, 11) is 0. The number of hydrogen-bond donors (Lipinski definition) is 2. The van der Waals surface area contributed by atoms with Crippen LogP contribution in [-0.2, 0) is 4.74 Å². The maximum atomic E-state index is 5.38. The summed E-state index contributed by atoms with van der Waals surface area (Å²) in [5.74, 6) is 0. The van der Waals surface area contributed by atoms with Gasteiger partial charge in [-0.15, -0.1) is 0 Å². The average molecular weight is 202 g/mol. The third-order valence-corrected chi connectivity index (χ3v) is 1.96. The SMILES string of the molecule is CCCNCC(C)NCCOCCC. The van der Waals surface area contributed by atoms with Crippen molar-refractivity contribution >= 4 is 0 Å². The highest BCUT2D eigenvalue weighted by molar-refractivity contribution is 4.62. The maximum absolute atomic E-state index is 5.38. The van der Waals surface area contributed by atoms with Crippen LogP contribution < -0.4 is 10.6 Å². The van der Waals surface area contributed by atoms with E-state index in [0.29, 0.717) is 6.04 Å². The van der Waals surface area contributed by atoms with Crippen LogP contribution in [0.4, 0.5) is 0 Å². The standard InChI is InChI=1S/C11H26N2O/c1-4-6-12-10-11(3)13-7-9-14-8-5-2/h11-13H,4-10H2,1-3H3. The molecule has 0 heterocycles. The second-order valence-corrected chi connectivity index (χ2v) is 3.67. The van der Waals surface area contributed by atoms with E-state index in [2.05, 4.69) is 31.4 Å². The first-order valence-electron chi connectivity index (χ1n) is 5.83. The molecule has 0 aliphatic heterocycles. The molecule has 0 aromatic heterocycles. The molecule has 1 atom stereocenters. The summed E-state index contributed by atoms with van der Waals surface area (Å²) in [5.41, 5.74) is 0. The maximum Gasteiger partial charge on any atom is 0.0591 e. The van der Waals surface area contributed by atoms with Gasteiger partial charge in [-0.3, -0.25) is 0 Å². The average Bonchev–Trinajstić information content (AvgIpc) is 2.18. The van der Waals surface area contributed by atoms with Crippen LogP contribution in [0.2, 0.25) is 0 Å². The van der Waals surface area contributed by atoms with Gasteiger partial charge in [0.15, 0.2) is 0 Å². The molecule has 2 N–H and O–H groups in total. The Hall–Kier alpha value is -0.120. The van der Waals surface area contributed by atoms with Gasteiger partial charge < -0.3 is 15.4 Å². The Morgan fingerprint density at radius 1 is 1.07 bits per heavy atom. The molecule has 0 spiro atoms. The molecule has 0 fully saturated rings. The number of rotatable bonds is 10. The van der Waals surface area contributed by atoms with Crippen molar-refractivity contribution in [1.29, 1.82) is 0 Å². The van der Waals surface area contributed by atoms with Crippen molar-refractivity contribution in [3.63, 3.8) is 0 Å². The molecule has 0 radical (unpaired) electrons. The van der Waals surface area contributed by atoms with Crippen LogP contribution in [-0.4, -0.2) is 38.9 Å². The number of nitrogens with one attached hydrogen (secondary N) is 2. The van der Waals surface area contributed by atoms with Crippen LogP contribution >= 0.6 is 0 Å². The minimum atomic E-state index is 0.534. The van der Waals surface area contributed by atoms with E-state index in [4.69, 9.17) is 4.74 Å². The molecule has 0 aliphatic carbocycles. The smallest absolute Gasteiger partial charge is 0.0591 e. The Morgan fingerprint density at radius 3 is 2.50 bits per heavy atom. The molecule has 0 aromatic carbocycles. The lowest BCUT2D eigenvalue weighted by Crippen LogP contribution is -2.38. The van der Waals surface area contributed by atoms with Crippen LogP contribution in [0.5, 0.6) is 0 Å². The molecule has 0 rings (SSSR count). The van der Waals surface area contributed by atoms with Crippen LogP contribution in [0.15, 0.2) is 0 Å². The first-order valence-corrected chi connectivity index (χ1v) is 5.83. The van der Waals surface area contributed by atoms with E-state index in [9.17, 15) is 0 Å². The fourth-order valence-electron chi connectivity index (χ4n) is 1.19. The van der Waals surface area contributed by atoms with Crippen molar-refractivity contribution in [3.05, 3.63) is 0 Å². The van der Waals surface area contributed by atoms with E-state index in [1.807, 2.05) is 0 Å². The van der Waals surface area contributed by atoms with E-state index in [0.717, 1.165) is 39.3 Å². The predicted octanol–water partition coefficient (Wildman–Crippen LogP) is 1.39. The third kappa shape index (κ3) is 9.96. The van der Waals surface area contributed by atoms with E-state index < -0.39 is 0 Å². The Kier molecular flexibility index (Phi) is 10.9. The zero-order valence-electron chi connectivity index (χ0n) is 9.94.